The molecular formula is C17H29Cl2N3O. The van der Waals surface area contributed by atoms with Crippen molar-refractivity contribution in [3.63, 3.8) is 0 Å². The van der Waals surface area contributed by atoms with Crippen LogP contribution in [0, 0.1) is 0 Å². The molecule has 1 aliphatic rings. The fraction of sp³-hybridized carbons (Fsp3) is 0.588. The van der Waals surface area contributed by atoms with E-state index in [0.717, 1.165) is 44.7 Å². The van der Waals surface area contributed by atoms with Crippen LogP contribution in [0.1, 0.15) is 37.6 Å². The summed E-state index contributed by atoms with van der Waals surface area (Å²) in [5.41, 5.74) is 1.99. The van der Waals surface area contributed by atoms with Gasteiger partial charge in [0.1, 0.15) is 0 Å². The summed E-state index contributed by atoms with van der Waals surface area (Å²) in [5, 5.41) is 3.36. The maximum Gasteiger partial charge on any atom is 0.253 e. The SMILES string of the molecule is CCCN(CC)c1ccc(C(=O)N2CCNC(C)C2)cc1.Cl.Cl. The van der Waals surface area contributed by atoms with Crippen LogP contribution in [-0.4, -0.2) is 49.6 Å². The Kier molecular flexibility index (Phi) is 10.3. The summed E-state index contributed by atoms with van der Waals surface area (Å²) >= 11 is 0. The zero-order valence-electron chi connectivity index (χ0n) is 14.2. The van der Waals surface area contributed by atoms with Crippen LogP contribution in [-0.2, 0) is 0 Å². The average molecular weight is 362 g/mol. The highest BCUT2D eigenvalue weighted by Gasteiger charge is 2.21. The fourth-order valence-corrected chi connectivity index (χ4v) is 2.85. The first-order valence-corrected chi connectivity index (χ1v) is 8.03. The van der Waals surface area contributed by atoms with E-state index in [9.17, 15) is 4.79 Å². The molecule has 1 saturated heterocycles. The lowest BCUT2D eigenvalue weighted by Gasteiger charge is -2.32. The highest BCUT2D eigenvalue weighted by Crippen LogP contribution is 2.17. The van der Waals surface area contributed by atoms with Gasteiger partial charge >= 0.3 is 0 Å². The van der Waals surface area contributed by atoms with Gasteiger partial charge in [-0.15, -0.1) is 24.8 Å². The third-order valence-electron chi connectivity index (χ3n) is 4.01. The second-order valence-electron chi connectivity index (χ2n) is 5.73. The predicted octanol–water partition coefficient (Wildman–Crippen LogP) is 3.20. The van der Waals surface area contributed by atoms with Gasteiger partial charge < -0.3 is 15.1 Å². The van der Waals surface area contributed by atoms with Crippen molar-refractivity contribution >= 4 is 36.4 Å². The highest BCUT2D eigenvalue weighted by atomic mass is 35.5. The van der Waals surface area contributed by atoms with Crippen LogP contribution in [0.2, 0.25) is 0 Å². The molecule has 1 amide bonds. The van der Waals surface area contributed by atoms with Crippen molar-refractivity contribution in [1.29, 1.82) is 0 Å². The van der Waals surface area contributed by atoms with Gasteiger partial charge in [0.25, 0.3) is 5.91 Å². The van der Waals surface area contributed by atoms with Gasteiger partial charge in [-0.3, -0.25) is 4.79 Å². The number of anilines is 1. The van der Waals surface area contributed by atoms with E-state index < -0.39 is 0 Å². The van der Waals surface area contributed by atoms with Crippen molar-refractivity contribution in [2.24, 2.45) is 0 Å². The van der Waals surface area contributed by atoms with E-state index >= 15 is 0 Å². The van der Waals surface area contributed by atoms with Crippen LogP contribution >= 0.6 is 24.8 Å². The number of carbonyl (C=O) groups excluding carboxylic acids is 1. The van der Waals surface area contributed by atoms with Crippen molar-refractivity contribution in [2.75, 3.05) is 37.6 Å². The molecule has 0 aliphatic carbocycles. The Hall–Kier alpha value is -0.970. The lowest BCUT2D eigenvalue weighted by Crippen LogP contribution is -2.51. The molecule has 1 aliphatic heterocycles. The first-order chi connectivity index (χ1) is 10.2. The van der Waals surface area contributed by atoms with E-state index in [1.165, 1.54) is 5.69 Å². The van der Waals surface area contributed by atoms with E-state index in [0.29, 0.717) is 6.04 Å². The molecule has 1 aromatic carbocycles. The van der Waals surface area contributed by atoms with Gasteiger partial charge in [0.2, 0.25) is 0 Å². The fourth-order valence-electron chi connectivity index (χ4n) is 2.85. The first kappa shape index (κ1) is 22.0. The van der Waals surface area contributed by atoms with Crippen LogP contribution in [0.15, 0.2) is 24.3 Å². The molecule has 4 nitrogen and oxygen atoms in total. The molecule has 1 aromatic rings. The Labute approximate surface area is 152 Å². The maximum absolute atomic E-state index is 12.5. The summed E-state index contributed by atoms with van der Waals surface area (Å²) in [5.74, 6) is 0.147. The average Bonchev–Trinajstić information content (AvgIpc) is 2.52. The van der Waals surface area contributed by atoms with Crippen molar-refractivity contribution in [3.05, 3.63) is 29.8 Å². The summed E-state index contributed by atoms with van der Waals surface area (Å²) in [6, 6.07) is 8.43. The molecule has 23 heavy (non-hydrogen) atoms. The minimum absolute atomic E-state index is 0. The monoisotopic (exact) mass is 361 g/mol. The topological polar surface area (TPSA) is 35.6 Å². The Morgan fingerprint density at radius 1 is 1.26 bits per heavy atom. The molecule has 1 N–H and O–H groups in total. The Morgan fingerprint density at radius 2 is 1.91 bits per heavy atom. The van der Waals surface area contributed by atoms with E-state index in [2.05, 4.69) is 43.1 Å². The summed E-state index contributed by atoms with van der Waals surface area (Å²) in [6.07, 6.45) is 1.13. The number of nitrogens with zero attached hydrogens (tertiary/aromatic N) is 2. The Morgan fingerprint density at radius 3 is 2.43 bits per heavy atom. The number of carbonyl (C=O) groups is 1. The number of hydrogen-bond acceptors (Lipinski definition) is 3. The molecule has 0 bridgehead atoms. The molecule has 1 atom stereocenters. The molecule has 1 unspecified atom stereocenters. The van der Waals surface area contributed by atoms with Crippen molar-refractivity contribution in [3.8, 4) is 0 Å². The lowest BCUT2D eigenvalue weighted by atomic mass is 10.1. The van der Waals surface area contributed by atoms with Gasteiger partial charge in [-0.25, -0.2) is 0 Å². The molecular weight excluding hydrogens is 333 g/mol. The van der Waals surface area contributed by atoms with Gasteiger partial charge in [-0.05, 0) is 44.5 Å². The second kappa shape index (κ2) is 10.7. The molecule has 0 radical (unpaired) electrons. The van der Waals surface area contributed by atoms with Gasteiger partial charge in [0.15, 0.2) is 0 Å². The predicted molar refractivity (Wildman–Crippen MR) is 102 cm³/mol. The molecule has 0 saturated carbocycles. The van der Waals surface area contributed by atoms with Gasteiger partial charge in [-0.2, -0.15) is 0 Å². The quantitative estimate of drug-likeness (QED) is 0.874. The lowest BCUT2D eigenvalue weighted by molar-refractivity contribution is 0.0709. The smallest absolute Gasteiger partial charge is 0.253 e. The van der Waals surface area contributed by atoms with Crippen LogP contribution < -0.4 is 10.2 Å². The largest absolute Gasteiger partial charge is 0.372 e. The molecule has 2 rings (SSSR count). The Bertz CT molecular complexity index is 467. The van der Waals surface area contributed by atoms with E-state index in [4.69, 9.17) is 0 Å². The van der Waals surface area contributed by atoms with Crippen molar-refractivity contribution in [1.82, 2.24) is 10.2 Å². The number of hydrogen-bond donors (Lipinski definition) is 1. The minimum atomic E-state index is 0. The van der Waals surface area contributed by atoms with E-state index in [1.54, 1.807) is 0 Å². The maximum atomic E-state index is 12.5. The highest BCUT2D eigenvalue weighted by molar-refractivity contribution is 5.94. The van der Waals surface area contributed by atoms with Crippen molar-refractivity contribution < 1.29 is 4.79 Å². The van der Waals surface area contributed by atoms with Crippen LogP contribution in [0.5, 0.6) is 0 Å². The zero-order valence-corrected chi connectivity index (χ0v) is 15.9. The van der Waals surface area contributed by atoms with Crippen LogP contribution in [0.25, 0.3) is 0 Å². The summed E-state index contributed by atoms with van der Waals surface area (Å²) in [4.78, 5) is 16.8. The molecule has 132 valence electrons. The third kappa shape index (κ3) is 5.87. The first-order valence-electron chi connectivity index (χ1n) is 8.03. The molecule has 6 heteroatoms. The zero-order chi connectivity index (χ0) is 15.2. The normalized spacial score (nSPS) is 17.0. The van der Waals surface area contributed by atoms with E-state index in [-0.39, 0.29) is 30.7 Å². The van der Waals surface area contributed by atoms with Gasteiger partial charge in [0, 0.05) is 50.0 Å². The summed E-state index contributed by atoms with van der Waals surface area (Å²) < 4.78 is 0. The number of benzene rings is 1. The molecule has 1 fully saturated rings. The molecule has 0 aromatic heterocycles. The van der Waals surface area contributed by atoms with Gasteiger partial charge in [0.05, 0.1) is 0 Å². The second-order valence-corrected chi connectivity index (χ2v) is 5.73. The number of nitrogens with one attached hydrogen (secondary N) is 1. The van der Waals surface area contributed by atoms with Crippen LogP contribution in [0.4, 0.5) is 5.69 Å². The minimum Gasteiger partial charge on any atom is -0.372 e. The molecule has 1 heterocycles. The van der Waals surface area contributed by atoms with Crippen LogP contribution in [0.3, 0.4) is 0 Å². The summed E-state index contributed by atoms with van der Waals surface area (Å²) in [6.45, 7) is 11.0. The Balaban J connectivity index is 0.00000242. The number of rotatable bonds is 5. The van der Waals surface area contributed by atoms with E-state index in [1.807, 2.05) is 17.0 Å². The number of amides is 1. The summed E-state index contributed by atoms with van der Waals surface area (Å²) in [7, 11) is 0. The number of halogens is 2. The van der Waals surface area contributed by atoms with Gasteiger partial charge in [-0.1, -0.05) is 6.92 Å². The third-order valence-corrected chi connectivity index (χ3v) is 4.01. The molecule has 0 spiro atoms. The van der Waals surface area contributed by atoms with Crippen molar-refractivity contribution in [2.45, 2.75) is 33.2 Å². The number of piperazine rings is 1. The standard InChI is InChI=1S/C17H27N3O.2ClH/c1-4-11-19(5-2)16-8-6-15(7-9-16)17(21)20-12-10-18-14(3)13-20;;/h6-9,14,18H,4-5,10-13H2,1-3H3;2*1H.